The molecule has 0 spiro atoms. The second kappa shape index (κ2) is 10.5. The van der Waals surface area contributed by atoms with Crippen molar-refractivity contribution >= 4 is 5.91 Å². The van der Waals surface area contributed by atoms with Gasteiger partial charge in [-0.05, 0) is 50.6 Å². The molecule has 0 bridgehead atoms. The maximum atomic E-state index is 14.0. The van der Waals surface area contributed by atoms with Crippen LogP contribution in [0.5, 0.6) is 5.75 Å². The van der Waals surface area contributed by atoms with Gasteiger partial charge >= 0.3 is 0 Å². The number of pyridine rings is 1. The third-order valence-electron chi connectivity index (χ3n) is 5.61. The van der Waals surface area contributed by atoms with E-state index in [4.69, 9.17) is 4.74 Å². The van der Waals surface area contributed by atoms with E-state index >= 15 is 0 Å². The van der Waals surface area contributed by atoms with Gasteiger partial charge in [0.1, 0.15) is 5.82 Å². The number of hydrogen-bond acceptors (Lipinski definition) is 4. The van der Waals surface area contributed by atoms with Crippen molar-refractivity contribution in [2.24, 2.45) is 0 Å². The van der Waals surface area contributed by atoms with Gasteiger partial charge in [0.15, 0.2) is 17.7 Å². The SMILES string of the molecule is CCN1CCC(N(CCc2ccccn2)C(=O)C(C)Oc2ccc(F)cc2F)CC1. The van der Waals surface area contributed by atoms with Crippen molar-refractivity contribution in [3.8, 4) is 5.75 Å². The number of piperidine rings is 1. The lowest BCUT2D eigenvalue weighted by atomic mass is 10.0. The number of carbonyl (C=O) groups excluding carboxylic acids is 1. The first-order chi connectivity index (χ1) is 14.5. The van der Waals surface area contributed by atoms with Crippen molar-refractivity contribution in [1.29, 1.82) is 0 Å². The molecule has 1 aromatic carbocycles. The summed E-state index contributed by atoms with van der Waals surface area (Å²) in [5, 5.41) is 0. The van der Waals surface area contributed by atoms with Gasteiger partial charge in [0, 0.05) is 50.1 Å². The van der Waals surface area contributed by atoms with Crippen LogP contribution in [0.15, 0.2) is 42.6 Å². The molecule has 1 atom stereocenters. The lowest BCUT2D eigenvalue weighted by Crippen LogP contribution is -2.51. The van der Waals surface area contributed by atoms with Crippen molar-refractivity contribution in [3.05, 3.63) is 59.9 Å². The molecular weight excluding hydrogens is 388 g/mol. The first-order valence-electron chi connectivity index (χ1n) is 10.5. The minimum absolute atomic E-state index is 0.105. The molecule has 1 saturated heterocycles. The van der Waals surface area contributed by atoms with E-state index in [2.05, 4.69) is 16.8 Å². The average Bonchev–Trinajstić information content (AvgIpc) is 2.76. The summed E-state index contributed by atoms with van der Waals surface area (Å²) >= 11 is 0. The zero-order chi connectivity index (χ0) is 21.5. The van der Waals surface area contributed by atoms with E-state index in [1.54, 1.807) is 13.1 Å². The van der Waals surface area contributed by atoms with Crippen LogP contribution in [0.1, 0.15) is 32.4 Å². The number of nitrogens with zero attached hydrogens (tertiary/aromatic N) is 3. The third kappa shape index (κ3) is 5.75. The van der Waals surface area contributed by atoms with Gasteiger partial charge in [0.05, 0.1) is 0 Å². The number of hydrogen-bond donors (Lipinski definition) is 0. The second-order valence-electron chi connectivity index (χ2n) is 7.60. The Morgan fingerprint density at radius 2 is 2.03 bits per heavy atom. The number of carbonyl (C=O) groups is 1. The molecule has 1 aliphatic rings. The average molecular weight is 418 g/mol. The Morgan fingerprint density at radius 1 is 1.27 bits per heavy atom. The Bertz CT molecular complexity index is 826. The number of likely N-dealkylation sites (tertiary alicyclic amines) is 1. The van der Waals surface area contributed by atoms with Crippen molar-refractivity contribution < 1.29 is 18.3 Å². The van der Waals surface area contributed by atoms with E-state index in [1.165, 1.54) is 6.07 Å². The molecule has 1 fully saturated rings. The largest absolute Gasteiger partial charge is 0.478 e. The van der Waals surface area contributed by atoms with E-state index < -0.39 is 17.7 Å². The topological polar surface area (TPSA) is 45.7 Å². The maximum Gasteiger partial charge on any atom is 0.263 e. The first-order valence-corrected chi connectivity index (χ1v) is 10.5. The van der Waals surface area contributed by atoms with Crippen LogP contribution in [0.2, 0.25) is 0 Å². The quantitative estimate of drug-likeness (QED) is 0.657. The van der Waals surface area contributed by atoms with E-state index in [-0.39, 0.29) is 17.7 Å². The van der Waals surface area contributed by atoms with Gasteiger partial charge in [-0.25, -0.2) is 8.78 Å². The fourth-order valence-electron chi connectivity index (χ4n) is 3.85. The summed E-state index contributed by atoms with van der Waals surface area (Å²) in [4.78, 5) is 21.8. The summed E-state index contributed by atoms with van der Waals surface area (Å²) in [7, 11) is 0. The number of benzene rings is 1. The zero-order valence-corrected chi connectivity index (χ0v) is 17.6. The lowest BCUT2D eigenvalue weighted by molar-refractivity contribution is -0.141. The number of halogens is 2. The molecule has 30 heavy (non-hydrogen) atoms. The minimum Gasteiger partial charge on any atom is -0.478 e. The highest BCUT2D eigenvalue weighted by molar-refractivity contribution is 5.81. The fourth-order valence-corrected chi connectivity index (χ4v) is 3.85. The molecule has 0 aliphatic carbocycles. The normalized spacial score (nSPS) is 16.3. The summed E-state index contributed by atoms with van der Waals surface area (Å²) in [5.74, 6) is -1.81. The molecule has 0 N–H and O–H groups in total. The molecule has 0 saturated carbocycles. The molecular formula is C23H29F2N3O2. The molecule has 2 aromatic rings. The van der Waals surface area contributed by atoms with Gasteiger partial charge in [-0.2, -0.15) is 0 Å². The number of ether oxygens (including phenoxy) is 1. The molecule has 1 aromatic heterocycles. The summed E-state index contributed by atoms with van der Waals surface area (Å²) in [6, 6.07) is 8.92. The highest BCUT2D eigenvalue weighted by Gasteiger charge is 2.31. The van der Waals surface area contributed by atoms with Gasteiger partial charge in [-0.3, -0.25) is 9.78 Å². The Hall–Kier alpha value is -2.54. The number of rotatable bonds is 8. The van der Waals surface area contributed by atoms with Gasteiger partial charge in [-0.15, -0.1) is 0 Å². The van der Waals surface area contributed by atoms with Gasteiger partial charge in [0.25, 0.3) is 5.91 Å². The van der Waals surface area contributed by atoms with Crippen LogP contribution in [0, 0.1) is 11.6 Å². The standard InChI is InChI=1S/C23H29F2N3O2/c1-3-27-13-10-20(11-14-27)28(15-9-19-6-4-5-12-26-19)23(29)17(2)30-22-8-7-18(24)16-21(22)25/h4-8,12,16-17,20H,3,9-11,13-15H2,1-2H3. The molecule has 7 heteroatoms. The van der Waals surface area contributed by atoms with Crippen LogP contribution >= 0.6 is 0 Å². The molecule has 1 unspecified atom stereocenters. The summed E-state index contributed by atoms with van der Waals surface area (Å²) in [6.07, 6.45) is 3.28. The summed E-state index contributed by atoms with van der Waals surface area (Å²) < 4.78 is 32.7. The summed E-state index contributed by atoms with van der Waals surface area (Å²) in [6.45, 7) is 7.15. The molecule has 0 radical (unpaired) electrons. The monoisotopic (exact) mass is 417 g/mol. The molecule has 1 amide bonds. The van der Waals surface area contributed by atoms with Crippen LogP contribution in [-0.2, 0) is 11.2 Å². The molecule has 162 valence electrons. The Kier molecular flexibility index (Phi) is 7.74. The highest BCUT2D eigenvalue weighted by Crippen LogP contribution is 2.22. The van der Waals surface area contributed by atoms with Gasteiger partial charge in [0.2, 0.25) is 0 Å². The smallest absolute Gasteiger partial charge is 0.263 e. The van der Waals surface area contributed by atoms with Gasteiger partial charge < -0.3 is 14.5 Å². The van der Waals surface area contributed by atoms with Crippen LogP contribution in [0.3, 0.4) is 0 Å². The lowest BCUT2D eigenvalue weighted by Gasteiger charge is -2.39. The molecule has 5 nitrogen and oxygen atoms in total. The first kappa shape index (κ1) is 22.2. The van der Waals surface area contributed by atoms with Crippen LogP contribution in [0.25, 0.3) is 0 Å². The Balaban J connectivity index is 1.71. The van der Waals surface area contributed by atoms with E-state index in [0.717, 1.165) is 50.3 Å². The summed E-state index contributed by atoms with van der Waals surface area (Å²) in [5.41, 5.74) is 0.916. The highest BCUT2D eigenvalue weighted by atomic mass is 19.1. The van der Waals surface area contributed by atoms with E-state index in [9.17, 15) is 13.6 Å². The fraction of sp³-hybridized carbons (Fsp3) is 0.478. The maximum absolute atomic E-state index is 14.0. The van der Waals surface area contributed by atoms with Crippen molar-refractivity contribution in [2.45, 2.75) is 45.3 Å². The Labute approximate surface area is 176 Å². The molecule has 3 rings (SSSR count). The van der Waals surface area contributed by atoms with Crippen molar-refractivity contribution in [2.75, 3.05) is 26.2 Å². The van der Waals surface area contributed by atoms with Crippen LogP contribution < -0.4 is 4.74 Å². The molecule has 1 aliphatic heterocycles. The predicted molar refractivity (Wildman–Crippen MR) is 111 cm³/mol. The second-order valence-corrected chi connectivity index (χ2v) is 7.60. The van der Waals surface area contributed by atoms with Crippen molar-refractivity contribution in [3.63, 3.8) is 0 Å². The van der Waals surface area contributed by atoms with E-state index in [1.807, 2.05) is 23.1 Å². The zero-order valence-electron chi connectivity index (χ0n) is 17.6. The molecule has 2 heterocycles. The minimum atomic E-state index is -0.877. The van der Waals surface area contributed by atoms with E-state index in [0.29, 0.717) is 13.0 Å². The predicted octanol–water partition coefficient (Wildman–Crippen LogP) is 3.68. The van der Waals surface area contributed by atoms with Crippen LogP contribution in [0.4, 0.5) is 8.78 Å². The van der Waals surface area contributed by atoms with Gasteiger partial charge in [-0.1, -0.05) is 13.0 Å². The third-order valence-corrected chi connectivity index (χ3v) is 5.61. The number of amides is 1. The van der Waals surface area contributed by atoms with Crippen molar-refractivity contribution in [1.82, 2.24) is 14.8 Å². The Morgan fingerprint density at radius 3 is 2.67 bits per heavy atom. The number of aromatic nitrogens is 1. The van der Waals surface area contributed by atoms with Crippen LogP contribution in [-0.4, -0.2) is 59.0 Å².